The number of nitrogens with zero attached hydrogens (tertiary/aromatic N) is 1. The Balaban J connectivity index is 2.26. The molecule has 1 aromatic carbocycles. The number of anilines is 1. The summed E-state index contributed by atoms with van der Waals surface area (Å²) in [6.07, 6.45) is 9.39. The zero-order valence-corrected chi connectivity index (χ0v) is 12.0. The highest BCUT2D eigenvalue weighted by Crippen LogP contribution is 2.27. The van der Waals surface area contributed by atoms with E-state index in [9.17, 15) is 0 Å². The third-order valence-corrected chi connectivity index (χ3v) is 4.27. The first-order valence-electron chi connectivity index (χ1n) is 7.67. The maximum absolute atomic E-state index is 2.64. The van der Waals surface area contributed by atoms with Crippen LogP contribution in [0.4, 0.5) is 5.69 Å². The Hall–Kier alpha value is -0.980. The van der Waals surface area contributed by atoms with Gasteiger partial charge in [0.1, 0.15) is 0 Å². The van der Waals surface area contributed by atoms with Crippen molar-refractivity contribution in [2.45, 2.75) is 64.8 Å². The van der Waals surface area contributed by atoms with E-state index in [1.54, 1.807) is 5.56 Å². The molecule has 0 aliphatic carbocycles. The Labute approximate surface area is 112 Å². The van der Waals surface area contributed by atoms with Gasteiger partial charge in [-0.3, -0.25) is 0 Å². The molecule has 0 bridgehead atoms. The van der Waals surface area contributed by atoms with E-state index < -0.39 is 0 Å². The van der Waals surface area contributed by atoms with Crippen LogP contribution in [0, 0.1) is 0 Å². The lowest BCUT2D eigenvalue weighted by molar-refractivity contribution is 0.551. The van der Waals surface area contributed by atoms with Gasteiger partial charge in [-0.25, -0.2) is 0 Å². The van der Waals surface area contributed by atoms with Crippen molar-refractivity contribution in [1.29, 1.82) is 0 Å². The molecular formula is C17H27N. The van der Waals surface area contributed by atoms with Gasteiger partial charge in [0, 0.05) is 18.3 Å². The third-order valence-electron chi connectivity index (χ3n) is 4.27. The molecule has 0 radical (unpaired) electrons. The summed E-state index contributed by atoms with van der Waals surface area (Å²) in [5.74, 6) is 0. The molecule has 1 nitrogen and oxygen atoms in total. The Morgan fingerprint density at radius 1 is 1.06 bits per heavy atom. The van der Waals surface area contributed by atoms with E-state index in [-0.39, 0.29) is 0 Å². The molecule has 1 heterocycles. The molecule has 100 valence electrons. The molecule has 1 unspecified atom stereocenters. The van der Waals surface area contributed by atoms with Crippen molar-refractivity contribution < 1.29 is 0 Å². The first-order valence-corrected chi connectivity index (χ1v) is 7.67. The molecule has 0 saturated heterocycles. The van der Waals surface area contributed by atoms with E-state index >= 15 is 0 Å². The van der Waals surface area contributed by atoms with Gasteiger partial charge >= 0.3 is 0 Å². The number of hydrogen-bond donors (Lipinski definition) is 0. The second-order valence-electron chi connectivity index (χ2n) is 5.60. The van der Waals surface area contributed by atoms with Gasteiger partial charge in [0.2, 0.25) is 0 Å². The Morgan fingerprint density at radius 3 is 2.61 bits per heavy atom. The highest BCUT2D eigenvalue weighted by molar-refractivity contribution is 5.54. The lowest BCUT2D eigenvalue weighted by Crippen LogP contribution is -2.34. The van der Waals surface area contributed by atoms with Crippen LogP contribution in [0.5, 0.6) is 0 Å². The largest absolute Gasteiger partial charge is 0.369 e. The molecule has 0 aromatic heterocycles. The van der Waals surface area contributed by atoms with Gasteiger partial charge in [0.15, 0.2) is 0 Å². The molecule has 0 amide bonds. The maximum Gasteiger partial charge on any atom is 0.0401 e. The summed E-state index contributed by atoms with van der Waals surface area (Å²) in [6, 6.07) is 9.69. The molecule has 0 N–H and O–H groups in total. The van der Waals surface area contributed by atoms with Crippen LogP contribution in [-0.4, -0.2) is 12.6 Å². The molecule has 0 saturated carbocycles. The standard InChI is InChI=1S/C17H27N/c1-3-15(2)18-14-10-6-4-5-7-11-16-12-8-9-13-17(16)18/h8-9,12-13,15H,3-7,10-11,14H2,1-2H3. The fourth-order valence-corrected chi connectivity index (χ4v) is 2.93. The fraction of sp³-hybridized carbons (Fsp3) is 0.647. The van der Waals surface area contributed by atoms with E-state index in [1.807, 2.05) is 0 Å². The third kappa shape index (κ3) is 3.28. The lowest BCUT2D eigenvalue weighted by atomic mass is 10.00. The Bertz CT molecular complexity index is 358. The summed E-state index contributed by atoms with van der Waals surface area (Å²) in [7, 11) is 0. The van der Waals surface area contributed by atoms with Crippen LogP contribution in [-0.2, 0) is 6.42 Å². The van der Waals surface area contributed by atoms with Gasteiger partial charge < -0.3 is 4.90 Å². The predicted octanol–water partition coefficient (Wildman–Crippen LogP) is 4.80. The fourth-order valence-electron chi connectivity index (χ4n) is 2.93. The van der Waals surface area contributed by atoms with E-state index in [0.29, 0.717) is 6.04 Å². The topological polar surface area (TPSA) is 3.24 Å². The minimum absolute atomic E-state index is 0.658. The van der Waals surface area contributed by atoms with E-state index in [0.717, 1.165) is 0 Å². The maximum atomic E-state index is 2.64. The smallest absolute Gasteiger partial charge is 0.0401 e. The summed E-state index contributed by atoms with van der Waals surface area (Å²) >= 11 is 0. The molecule has 1 heteroatoms. The van der Waals surface area contributed by atoms with Crippen molar-refractivity contribution in [3.05, 3.63) is 29.8 Å². The summed E-state index contributed by atoms with van der Waals surface area (Å²) in [4.78, 5) is 2.64. The van der Waals surface area contributed by atoms with Crippen molar-refractivity contribution in [3.8, 4) is 0 Å². The van der Waals surface area contributed by atoms with E-state index in [2.05, 4.69) is 43.0 Å². The minimum atomic E-state index is 0.658. The average Bonchev–Trinajstić information content (AvgIpc) is 2.43. The average molecular weight is 245 g/mol. The van der Waals surface area contributed by atoms with Crippen LogP contribution in [0.15, 0.2) is 24.3 Å². The van der Waals surface area contributed by atoms with Crippen LogP contribution in [0.25, 0.3) is 0 Å². The summed E-state index contributed by atoms with van der Waals surface area (Å²) in [6.45, 7) is 5.89. The minimum Gasteiger partial charge on any atom is -0.369 e. The predicted molar refractivity (Wildman–Crippen MR) is 80.3 cm³/mol. The van der Waals surface area contributed by atoms with E-state index in [1.165, 1.54) is 57.2 Å². The molecule has 18 heavy (non-hydrogen) atoms. The summed E-state index contributed by atoms with van der Waals surface area (Å²) in [5, 5.41) is 0. The normalized spacial score (nSPS) is 19.1. The number of hydrogen-bond acceptors (Lipinski definition) is 1. The number of para-hydroxylation sites is 1. The molecule has 1 atom stereocenters. The first-order chi connectivity index (χ1) is 8.83. The summed E-state index contributed by atoms with van der Waals surface area (Å²) in [5.41, 5.74) is 3.05. The second kappa shape index (κ2) is 6.82. The quantitative estimate of drug-likeness (QED) is 0.723. The van der Waals surface area contributed by atoms with Crippen LogP contribution < -0.4 is 4.90 Å². The molecule has 1 aliphatic rings. The molecule has 1 aliphatic heterocycles. The van der Waals surface area contributed by atoms with Gasteiger partial charge in [0.25, 0.3) is 0 Å². The van der Waals surface area contributed by atoms with Gasteiger partial charge in [0.05, 0.1) is 0 Å². The zero-order valence-electron chi connectivity index (χ0n) is 12.0. The molecular weight excluding hydrogens is 218 g/mol. The lowest BCUT2D eigenvalue weighted by Gasteiger charge is -2.33. The van der Waals surface area contributed by atoms with Crippen molar-refractivity contribution in [2.24, 2.45) is 0 Å². The van der Waals surface area contributed by atoms with Crippen molar-refractivity contribution in [2.75, 3.05) is 11.4 Å². The van der Waals surface area contributed by atoms with Gasteiger partial charge in [-0.1, -0.05) is 44.4 Å². The highest BCUT2D eigenvalue weighted by Gasteiger charge is 2.16. The zero-order chi connectivity index (χ0) is 12.8. The second-order valence-corrected chi connectivity index (χ2v) is 5.60. The van der Waals surface area contributed by atoms with Crippen molar-refractivity contribution >= 4 is 5.69 Å². The molecule has 1 aromatic rings. The number of fused-ring (bicyclic) bond motifs is 1. The van der Waals surface area contributed by atoms with Crippen LogP contribution in [0.3, 0.4) is 0 Å². The van der Waals surface area contributed by atoms with Crippen molar-refractivity contribution in [3.63, 3.8) is 0 Å². The Kier molecular flexibility index (Phi) is 5.10. The van der Waals surface area contributed by atoms with Crippen LogP contribution >= 0.6 is 0 Å². The van der Waals surface area contributed by atoms with E-state index in [4.69, 9.17) is 0 Å². The highest BCUT2D eigenvalue weighted by atomic mass is 15.2. The monoisotopic (exact) mass is 245 g/mol. The SMILES string of the molecule is CCC(C)N1CCCCCCCc2ccccc21. The van der Waals surface area contributed by atoms with Gasteiger partial charge in [-0.05, 0) is 44.2 Å². The van der Waals surface area contributed by atoms with Gasteiger partial charge in [-0.2, -0.15) is 0 Å². The number of aryl methyl sites for hydroxylation is 1. The van der Waals surface area contributed by atoms with Crippen LogP contribution in [0.2, 0.25) is 0 Å². The van der Waals surface area contributed by atoms with Crippen molar-refractivity contribution in [1.82, 2.24) is 0 Å². The van der Waals surface area contributed by atoms with Gasteiger partial charge in [-0.15, -0.1) is 0 Å². The molecule has 0 fully saturated rings. The summed E-state index contributed by atoms with van der Waals surface area (Å²) < 4.78 is 0. The Morgan fingerprint density at radius 2 is 1.78 bits per heavy atom. The van der Waals surface area contributed by atoms with Crippen LogP contribution in [0.1, 0.15) is 57.9 Å². The number of benzene rings is 1. The molecule has 2 rings (SSSR count). The molecule has 0 spiro atoms. The first kappa shape index (κ1) is 13.5. The number of rotatable bonds is 2.